The average molecular weight is 336 g/mol. The first-order valence-corrected chi connectivity index (χ1v) is 9.19. The van der Waals surface area contributed by atoms with E-state index in [0.717, 1.165) is 48.0 Å². The van der Waals surface area contributed by atoms with Gasteiger partial charge in [-0.3, -0.25) is 9.67 Å². The van der Waals surface area contributed by atoms with E-state index < -0.39 is 0 Å². The summed E-state index contributed by atoms with van der Waals surface area (Å²) < 4.78 is 2.13. The van der Waals surface area contributed by atoms with E-state index >= 15 is 0 Å². The zero-order valence-corrected chi connectivity index (χ0v) is 14.9. The number of rotatable bonds is 5. The first kappa shape index (κ1) is 16.0. The third kappa shape index (κ3) is 3.21. The van der Waals surface area contributed by atoms with Gasteiger partial charge in [-0.1, -0.05) is 13.3 Å². The van der Waals surface area contributed by atoms with Gasteiger partial charge < -0.3 is 5.32 Å². The molecule has 25 heavy (non-hydrogen) atoms. The summed E-state index contributed by atoms with van der Waals surface area (Å²) in [4.78, 5) is 13.6. The van der Waals surface area contributed by atoms with Gasteiger partial charge >= 0.3 is 0 Å². The maximum absolute atomic E-state index is 4.79. The second-order valence-corrected chi connectivity index (χ2v) is 6.85. The molecule has 0 aliphatic carbocycles. The van der Waals surface area contributed by atoms with Gasteiger partial charge in [-0.25, -0.2) is 9.97 Å². The molecular formula is C19H24N6. The van der Waals surface area contributed by atoms with Crippen LogP contribution in [0.15, 0.2) is 24.7 Å². The third-order valence-electron chi connectivity index (χ3n) is 4.78. The molecule has 6 heteroatoms. The summed E-state index contributed by atoms with van der Waals surface area (Å²) in [5, 5.41) is 9.12. The lowest BCUT2D eigenvalue weighted by Gasteiger charge is -2.13. The van der Waals surface area contributed by atoms with Crippen LogP contribution in [0.3, 0.4) is 0 Å². The third-order valence-corrected chi connectivity index (χ3v) is 4.78. The van der Waals surface area contributed by atoms with E-state index in [1.807, 2.05) is 18.6 Å². The van der Waals surface area contributed by atoms with Crippen LogP contribution in [0.2, 0.25) is 0 Å². The molecular weight excluding hydrogens is 312 g/mol. The van der Waals surface area contributed by atoms with Gasteiger partial charge in [0, 0.05) is 47.8 Å². The van der Waals surface area contributed by atoms with Crippen molar-refractivity contribution in [3.05, 3.63) is 30.4 Å². The van der Waals surface area contributed by atoms with E-state index in [0.29, 0.717) is 12.0 Å². The number of hydrogen-bond acceptors (Lipinski definition) is 5. The molecule has 4 heterocycles. The predicted molar refractivity (Wildman–Crippen MR) is 99.5 cm³/mol. The molecule has 3 aromatic rings. The highest BCUT2D eigenvalue weighted by Gasteiger charge is 2.16. The molecule has 1 aliphatic rings. The minimum atomic E-state index is 0.354. The Bertz CT molecular complexity index is 861. The minimum absolute atomic E-state index is 0.354. The van der Waals surface area contributed by atoms with Gasteiger partial charge in [0.1, 0.15) is 0 Å². The maximum Gasteiger partial charge on any atom is 0.223 e. The van der Waals surface area contributed by atoms with Crippen LogP contribution in [-0.2, 0) is 13.0 Å². The zero-order valence-electron chi connectivity index (χ0n) is 14.9. The molecule has 6 nitrogen and oxygen atoms in total. The van der Waals surface area contributed by atoms with E-state index in [-0.39, 0.29) is 0 Å². The molecule has 1 N–H and O–H groups in total. The summed E-state index contributed by atoms with van der Waals surface area (Å²) in [6.45, 7) is 5.35. The Labute approximate surface area is 147 Å². The Morgan fingerprint density at radius 3 is 3.00 bits per heavy atom. The fourth-order valence-electron chi connectivity index (χ4n) is 3.49. The van der Waals surface area contributed by atoms with Gasteiger partial charge in [0.2, 0.25) is 5.95 Å². The standard InChI is InChI=1S/C19H24N6/c1-3-6-13(2)22-19-21-11-14-10-20-12-16(18(14)23-19)17-9-15-7-4-5-8-25(15)24-17/h9-13H,3-8H2,1-2H3,(H,21,22,23). The zero-order chi connectivity index (χ0) is 17.2. The molecule has 130 valence electrons. The Kier molecular flexibility index (Phi) is 4.34. The number of aromatic nitrogens is 5. The van der Waals surface area contributed by atoms with Crippen molar-refractivity contribution in [2.24, 2.45) is 0 Å². The maximum atomic E-state index is 4.79. The quantitative estimate of drug-likeness (QED) is 0.767. The minimum Gasteiger partial charge on any atom is -0.352 e. The van der Waals surface area contributed by atoms with Gasteiger partial charge in [0.15, 0.2) is 0 Å². The number of fused-ring (bicyclic) bond motifs is 2. The lowest BCUT2D eigenvalue weighted by molar-refractivity contribution is 0.487. The number of hydrogen-bond donors (Lipinski definition) is 1. The number of pyridine rings is 1. The number of nitrogens with one attached hydrogen (secondary N) is 1. The first-order valence-electron chi connectivity index (χ1n) is 9.19. The lowest BCUT2D eigenvalue weighted by Crippen LogP contribution is -2.16. The van der Waals surface area contributed by atoms with Crippen LogP contribution >= 0.6 is 0 Å². The normalized spacial score (nSPS) is 15.1. The molecule has 0 fully saturated rings. The van der Waals surface area contributed by atoms with Crippen molar-refractivity contribution in [2.45, 2.75) is 58.5 Å². The summed E-state index contributed by atoms with van der Waals surface area (Å²) >= 11 is 0. The molecule has 1 aliphatic heterocycles. The van der Waals surface area contributed by atoms with Crippen LogP contribution in [-0.4, -0.2) is 30.8 Å². The van der Waals surface area contributed by atoms with Gasteiger partial charge in [-0.15, -0.1) is 0 Å². The monoisotopic (exact) mass is 336 g/mol. The number of nitrogens with zero attached hydrogens (tertiary/aromatic N) is 5. The van der Waals surface area contributed by atoms with E-state index in [1.54, 1.807) is 0 Å². The summed E-state index contributed by atoms with van der Waals surface area (Å²) in [6, 6.07) is 2.54. The SMILES string of the molecule is CCCC(C)Nc1ncc2cncc(-c3cc4n(n3)CCCC4)c2n1. The number of aryl methyl sites for hydroxylation is 2. The van der Waals surface area contributed by atoms with Crippen LogP contribution in [0.1, 0.15) is 45.2 Å². The fraction of sp³-hybridized carbons (Fsp3) is 0.474. The molecule has 0 saturated carbocycles. The van der Waals surface area contributed by atoms with Crippen LogP contribution < -0.4 is 5.32 Å². The molecule has 0 amide bonds. The van der Waals surface area contributed by atoms with Gasteiger partial charge in [0.25, 0.3) is 0 Å². The molecule has 3 aromatic heterocycles. The van der Waals surface area contributed by atoms with Crippen LogP contribution in [0.5, 0.6) is 0 Å². The molecule has 0 saturated heterocycles. The summed E-state index contributed by atoms with van der Waals surface area (Å²) in [5.74, 6) is 0.671. The van der Waals surface area contributed by atoms with Crippen molar-refractivity contribution < 1.29 is 0 Å². The van der Waals surface area contributed by atoms with Gasteiger partial charge in [0.05, 0.1) is 11.2 Å². The van der Waals surface area contributed by atoms with Gasteiger partial charge in [-0.05, 0) is 38.7 Å². The van der Waals surface area contributed by atoms with Crippen LogP contribution in [0.4, 0.5) is 5.95 Å². The Morgan fingerprint density at radius 2 is 2.16 bits per heavy atom. The smallest absolute Gasteiger partial charge is 0.223 e. The summed E-state index contributed by atoms with van der Waals surface area (Å²) in [5.41, 5.74) is 4.16. The first-order chi connectivity index (χ1) is 12.2. The van der Waals surface area contributed by atoms with Crippen LogP contribution in [0.25, 0.3) is 22.2 Å². The molecule has 0 aromatic carbocycles. The Balaban J connectivity index is 1.74. The average Bonchev–Trinajstić information content (AvgIpc) is 3.05. The van der Waals surface area contributed by atoms with E-state index in [4.69, 9.17) is 10.1 Å². The summed E-state index contributed by atoms with van der Waals surface area (Å²) in [6.07, 6.45) is 11.3. The topological polar surface area (TPSA) is 68.5 Å². The molecule has 1 unspecified atom stereocenters. The molecule has 0 bridgehead atoms. The second kappa shape index (κ2) is 6.78. The highest BCUT2D eigenvalue weighted by atomic mass is 15.3. The van der Waals surface area contributed by atoms with Crippen molar-refractivity contribution in [3.8, 4) is 11.3 Å². The Hall–Kier alpha value is -2.50. The highest BCUT2D eigenvalue weighted by molar-refractivity contribution is 5.91. The Morgan fingerprint density at radius 1 is 1.24 bits per heavy atom. The van der Waals surface area contributed by atoms with E-state index in [9.17, 15) is 0 Å². The van der Waals surface area contributed by atoms with Crippen molar-refractivity contribution in [1.82, 2.24) is 24.7 Å². The van der Waals surface area contributed by atoms with Gasteiger partial charge in [-0.2, -0.15) is 5.10 Å². The van der Waals surface area contributed by atoms with Crippen molar-refractivity contribution in [1.29, 1.82) is 0 Å². The molecule has 1 atom stereocenters. The molecule has 0 radical (unpaired) electrons. The molecule has 4 rings (SSSR count). The second-order valence-electron chi connectivity index (χ2n) is 6.85. The molecule has 0 spiro atoms. The van der Waals surface area contributed by atoms with Crippen LogP contribution in [0, 0.1) is 0 Å². The largest absolute Gasteiger partial charge is 0.352 e. The van der Waals surface area contributed by atoms with Crippen molar-refractivity contribution >= 4 is 16.9 Å². The van der Waals surface area contributed by atoms with Crippen molar-refractivity contribution in [3.63, 3.8) is 0 Å². The van der Waals surface area contributed by atoms with E-state index in [2.05, 4.69) is 39.9 Å². The predicted octanol–water partition coefficient (Wildman–Crippen LogP) is 3.83. The lowest BCUT2D eigenvalue weighted by atomic mass is 10.1. The summed E-state index contributed by atoms with van der Waals surface area (Å²) in [7, 11) is 0. The van der Waals surface area contributed by atoms with Crippen molar-refractivity contribution in [2.75, 3.05) is 5.32 Å². The number of anilines is 1. The fourth-order valence-corrected chi connectivity index (χ4v) is 3.49. The van der Waals surface area contributed by atoms with E-state index in [1.165, 1.54) is 18.5 Å². The highest BCUT2D eigenvalue weighted by Crippen LogP contribution is 2.28.